The third kappa shape index (κ3) is 4.96. The number of methoxy groups -OCH3 is 1. The van der Waals surface area contributed by atoms with E-state index < -0.39 is 0 Å². The van der Waals surface area contributed by atoms with Crippen LogP contribution in [-0.2, 0) is 17.7 Å². The highest BCUT2D eigenvalue weighted by Gasteiger charge is 2.36. The molecule has 140 valence electrons. The van der Waals surface area contributed by atoms with Gasteiger partial charge in [0.25, 0.3) is 0 Å². The molecule has 1 aliphatic heterocycles. The van der Waals surface area contributed by atoms with E-state index in [1.807, 2.05) is 18.4 Å². The van der Waals surface area contributed by atoms with Gasteiger partial charge in [-0.3, -0.25) is 9.89 Å². The number of fused-ring (bicyclic) bond motifs is 1. The molecule has 0 amide bonds. The van der Waals surface area contributed by atoms with Gasteiger partial charge in [0.05, 0.1) is 0 Å². The molecule has 2 aliphatic rings. The third-order valence-corrected chi connectivity index (χ3v) is 6.74. The summed E-state index contributed by atoms with van der Waals surface area (Å²) < 4.78 is 5.28. The van der Waals surface area contributed by atoms with Crippen molar-refractivity contribution in [3.63, 3.8) is 0 Å². The van der Waals surface area contributed by atoms with Crippen molar-refractivity contribution in [2.75, 3.05) is 46.9 Å². The van der Waals surface area contributed by atoms with Gasteiger partial charge in [-0.1, -0.05) is 6.42 Å². The number of thiophene rings is 1. The lowest BCUT2D eigenvalue weighted by Gasteiger charge is -2.42. The van der Waals surface area contributed by atoms with Gasteiger partial charge in [0, 0.05) is 58.4 Å². The number of nitrogens with zero attached hydrogens (tertiary/aromatic N) is 2. The van der Waals surface area contributed by atoms with Gasteiger partial charge in [-0.15, -0.1) is 11.3 Å². The Kier molecular flexibility index (Phi) is 6.73. The van der Waals surface area contributed by atoms with Crippen molar-refractivity contribution in [1.82, 2.24) is 15.5 Å². The van der Waals surface area contributed by atoms with Crippen molar-refractivity contribution in [3.05, 3.63) is 21.9 Å². The van der Waals surface area contributed by atoms with E-state index in [9.17, 15) is 0 Å². The molecule has 2 heterocycles. The Morgan fingerprint density at radius 2 is 2.28 bits per heavy atom. The lowest BCUT2D eigenvalue weighted by atomic mass is 9.67. The molecule has 3 rings (SSSR count). The van der Waals surface area contributed by atoms with E-state index in [0.717, 1.165) is 45.2 Å². The quantitative estimate of drug-likeness (QED) is 0.550. The second-order valence-corrected chi connectivity index (χ2v) is 8.34. The molecule has 1 aromatic rings. The Balaban J connectivity index is 1.37. The topological polar surface area (TPSA) is 48.9 Å². The Morgan fingerprint density at radius 1 is 1.40 bits per heavy atom. The maximum Gasteiger partial charge on any atom is 0.191 e. The number of aliphatic imine (C=N–C) groups is 1. The minimum atomic E-state index is 0.413. The van der Waals surface area contributed by atoms with Gasteiger partial charge in [0.15, 0.2) is 5.96 Å². The normalized spacial score (nSPS) is 20.0. The first kappa shape index (κ1) is 18.7. The van der Waals surface area contributed by atoms with E-state index in [1.54, 1.807) is 12.0 Å². The maximum absolute atomic E-state index is 5.28. The van der Waals surface area contributed by atoms with Crippen LogP contribution in [0.15, 0.2) is 16.4 Å². The SMILES string of the molecule is CN=C(NCCN1CCc2sccc2C1)NCC1(CCOC)CCC1. The summed E-state index contributed by atoms with van der Waals surface area (Å²) in [6, 6.07) is 2.28. The van der Waals surface area contributed by atoms with Gasteiger partial charge in [-0.25, -0.2) is 0 Å². The molecule has 1 fully saturated rings. The molecule has 0 unspecified atom stereocenters. The van der Waals surface area contributed by atoms with Gasteiger partial charge in [0.1, 0.15) is 0 Å². The third-order valence-electron chi connectivity index (χ3n) is 5.71. The summed E-state index contributed by atoms with van der Waals surface area (Å²) in [4.78, 5) is 8.49. The molecule has 1 saturated carbocycles. The van der Waals surface area contributed by atoms with Crippen LogP contribution < -0.4 is 10.6 Å². The van der Waals surface area contributed by atoms with Gasteiger partial charge < -0.3 is 15.4 Å². The van der Waals surface area contributed by atoms with Crippen LogP contribution in [-0.4, -0.2) is 57.8 Å². The molecule has 0 radical (unpaired) electrons. The highest BCUT2D eigenvalue weighted by Crippen LogP contribution is 2.43. The second-order valence-electron chi connectivity index (χ2n) is 7.34. The fourth-order valence-corrected chi connectivity index (χ4v) is 4.72. The molecule has 0 spiro atoms. The molecule has 6 heteroatoms. The smallest absolute Gasteiger partial charge is 0.191 e. The minimum absolute atomic E-state index is 0.413. The van der Waals surface area contributed by atoms with Crippen LogP contribution >= 0.6 is 11.3 Å². The summed E-state index contributed by atoms with van der Waals surface area (Å²) in [7, 11) is 3.65. The van der Waals surface area contributed by atoms with Crippen molar-refractivity contribution in [2.45, 2.75) is 38.6 Å². The highest BCUT2D eigenvalue weighted by atomic mass is 32.1. The van der Waals surface area contributed by atoms with E-state index >= 15 is 0 Å². The molecule has 1 aliphatic carbocycles. The Hall–Kier alpha value is -1.11. The van der Waals surface area contributed by atoms with E-state index in [0.29, 0.717) is 5.41 Å². The van der Waals surface area contributed by atoms with Crippen molar-refractivity contribution in [3.8, 4) is 0 Å². The zero-order chi connectivity index (χ0) is 17.5. The zero-order valence-electron chi connectivity index (χ0n) is 15.6. The van der Waals surface area contributed by atoms with E-state index in [1.165, 1.54) is 37.8 Å². The van der Waals surface area contributed by atoms with Crippen LogP contribution in [0.1, 0.15) is 36.1 Å². The van der Waals surface area contributed by atoms with Gasteiger partial charge in [0.2, 0.25) is 0 Å². The van der Waals surface area contributed by atoms with Crippen molar-refractivity contribution < 1.29 is 4.74 Å². The average molecular weight is 365 g/mol. The molecular formula is C19H32N4OS. The summed E-state index contributed by atoms with van der Waals surface area (Å²) in [5, 5.41) is 9.24. The van der Waals surface area contributed by atoms with Crippen molar-refractivity contribution in [1.29, 1.82) is 0 Å². The van der Waals surface area contributed by atoms with Crippen LogP contribution in [0, 0.1) is 5.41 Å². The molecule has 0 saturated heterocycles. The summed E-state index contributed by atoms with van der Waals surface area (Å²) in [6.07, 6.45) is 6.29. The van der Waals surface area contributed by atoms with Crippen molar-refractivity contribution in [2.24, 2.45) is 10.4 Å². The number of nitrogens with one attached hydrogen (secondary N) is 2. The number of hydrogen-bond donors (Lipinski definition) is 2. The molecule has 0 aromatic carbocycles. The fourth-order valence-electron chi connectivity index (χ4n) is 3.83. The second kappa shape index (κ2) is 9.01. The number of hydrogen-bond acceptors (Lipinski definition) is 4. The molecule has 1 aromatic heterocycles. The maximum atomic E-state index is 5.28. The molecule has 25 heavy (non-hydrogen) atoms. The zero-order valence-corrected chi connectivity index (χ0v) is 16.5. The van der Waals surface area contributed by atoms with Crippen LogP contribution in [0.2, 0.25) is 0 Å². The predicted molar refractivity (Wildman–Crippen MR) is 105 cm³/mol. The van der Waals surface area contributed by atoms with Crippen LogP contribution in [0.25, 0.3) is 0 Å². The number of ether oxygens (including phenoxy) is 1. The Labute approximate surface area is 155 Å². The van der Waals surface area contributed by atoms with Gasteiger partial charge >= 0.3 is 0 Å². The lowest BCUT2D eigenvalue weighted by Crippen LogP contribution is -2.48. The predicted octanol–water partition coefficient (Wildman–Crippen LogP) is 2.48. The average Bonchev–Trinajstić information content (AvgIpc) is 3.06. The fraction of sp³-hybridized carbons (Fsp3) is 0.737. The van der Waals surface area contributed by atoms with Crippen LogP contribution in [0.4, 0.5) is 0 Å². The monoisotopic (exact) mass is 364 g/mol. The van der Waals surface area contributed by atoms with Gasteiger partial charge in [-0.2, -0.15) is 0 Å². The van der Waals surface area contributed by atoms with E-state index in [2.05, 4.69) is 32.0 Å². The largest absolute Gasteiger partial charge is 0.385 e. The first-order chi connectivity index (χ1) is 12.2. The number of guanidine groups is 1. The molecule has 0 bridgehead atoms. The van der Waals surface area contributed by atoms with Crippen LogP contribution in [0.3, 0.4) is 0 Å². The van der Waals surface area contributed by atoms with E-state index in [4.69, 9.17) is 4.74 Å². The first-order valence-electron chi connectivity index (χ1n) is 9.46. The molecule has 0 atom stereocenters. The molecule has 2 N–H and O–H groups in total. The molecule has 5 nitrogen and oxygen atoms in total. The van der Waals surface area contributed by atoms with Crippen LogP contribution in [0.5, 0.6) is 0 Å². The van der Waals surface area contributed by atoms with Gasteiger partial charge in [-0.05, 0) is 48.1 Å². The highest BCUT2D eigenvalue weighted by molar-refractivity contribution is 7.10. The minimum Gasteiger partial charge on any atom is -0.385 e. The standard InChI is InChI=1S/C19H32N4OS/c1-20-18(22-15-19(6-3-7-19)8-12-24-2)21-9-11-23-10-4-17-16(14-23)5-13-25-17/h5,13H,3-4,6-12,14-15H2,1-2H3,(H2,20,21,22). The van der Waals surface area contributed by atoms with Crippen molar-refractivity contribution >= 4 is 17.3 Å². The Bertz CT molecular complexity index is 568. The summed E-state index contributed by atoms with van der Waals surface area (Å²) in [6.45, 7) is 6.11. The molecular weight excluding hydrogens is 332 g/mol. The lowest BCUT2D eigenvalue weighted by molar-refractivity contribution is 0.0732. The first-order valence-corrected chi connectivity index (χ1v) is 10.3. The Morgan fingerprint density at radius 3 is 3.00 bits per heavy atom. The number of rotatable bonds is 8. The summed E-state index contributed by atoms with van der Waals surface area (Å²) >= 11 is 1.90. The summed E-state index contributed by atoms with van der Waals surface area (Å²) in [5.74, 6) is 0.928. The van der Waals surface area contributed by atoms with E-state index in [-0.39, 0.29) is 0 Å². The summed E-state index contributed by atoms with van der Waals surface area (Å²) in [5.41, 5.74) is 1.93.